The van der Waals surface area contributed by atoms with Gasteiger partial charge in [0, 0.05) is 0 Å². The van der Waals surface area contributed by atoms with Crippen LogP contribution >= 0.6 is 0 Å². The van der Waals surface area contributed by atoms with Gasteiger partial charge in [0.25, 0.3) is 0 Å². The van der Waals surface area contributed by atoms with Crippen LogP contribution in [-0.4, -0.2) is 33.3 Å². The maximum Gasteiger partial charge on any atom is 0.408 e. The van der Waals surface area contributed by atoms with E-state index in [1.807, 2.05) is 30.3 Å². The van der Waals surface area contributed by atoms with E-state index in [4.69, 9.17) is 9.47 Å². The summed E-state index contributed by atoms with van der Waals surface area (Å²) in [5, 5.41) is 2.87. The van der Waals surface area contributed by atoms with E-state index in [9.17, 15) is 9.59 Å². The molecule has 0 aliphatic heterocycles. The summed E-state index contributed by atoms with van der Waals surface area (Å²) in [6, 6.07) is 9.65. The molecular formula is C19H31NO4Si. The standard InChI is InChI=1S/C19H31NO4Si/c1-19(2,3)25(5,6)13-12-16(17(21)23-4)20-18(22)24-14-15-10-8-7-9-11-15/h7-11,16H,12-14H2,1-6H3,(H,20,22)/t16-/m0/s1. The molecule has 0 saturated carbocycles. The SMILES string of the molecule is COC(=O)[C@H](CC[Si](C)(C)C(C)(C)C)NC(=O)OCc1ccccc1. The zero-order chi connectivity index (χ0) is 19.1. The predicted octanol–water partition coefficient (Wildman–Crippen LogP) is 4.35. The van der Waals surface area contributed by atoms with Crippen LogP contribution in [-0.2, 0) is 20.9 Å². The summed E-state index contributed by atoms with van der Waals surface area (Å²) in [6.45, 7) is 11.5. The van der Waals surface area contributed by atoms with Crippen molar-refractivity contribution in [2.24, 2.45) is 0 Å². The first-order valence-electron chi connectivity index (χ1n) is 8.62. The Hall–Kier alpha value is -1.82. The van der Waals surface area contributed by atoms with Crippen LogP contribution in [0.25, 0.3) is 0 Å². The minimum Gasteiger partial charge on any atom is -0.467 e. The largest absolute Gasteiger partial charge is 0.467 e. The molecule has 1 amide bonds. The number of esters is 1. The van der Waals surface area contributed by atoms with Gasteiger partial charge in [0.15, 0.2) is 0 Å². The normalized spacial score (nSPS) is 13.0. The molecule has 140 valence electrons. The molecule has 0 heterocycles. The van der Waals surface area contributed by atoms with Crippen molar-refractivity contribution in [2.45, 2.75) is 64.0 Å². The van der Waals surface area contributed by atoms with Gasteiger partial charge in [-0.15, -0.1) is 0 Å². The van der Waals surface area contributed by atoms with Crippen LogP contribution in [0.4, 0.5) is 4.79 Å². The Morgan fingerprint density at radius 2 is 1.76 bits per heavy atom. The molecule has 0 unspecified atom stereocenters. The summed E-state index contributed by atoms with van der Waals surface area (Å²) < 4.78 is 10.0. The van der Waals surface area contributed by atoms with Crippen molar-refractivity contribution in [1.82, 2.24) is 5.32 Å². The Kier molecular flexibility index (Phi) is 7.67. The molecule has 1 rings (SSSR count). The molecule has 0 spiro atoms. The van der Waals surface area contributed by atoms with Gasteiger partial charge in [-0.2, -0.15) is 0 Å². The van der Waals surface area contributed by atoms with Crippen LogP contribution in [0.15, 0.2) is 30.3 Å². The van der Waals surface area contributed by atoms with Gasteiger partial charge in [-0.05, 0) is 17.0 Å². The van der Waals surface area contributed by atoms with Crippen LogP contribution in [0.5, 0.6) is 0 Å². The second-order valence-corrected chi connectivity index (χ2v) is 13.7. The molecule has 0 aliphatic rings. The lowest BCUT2D eigenvalue weighted by Gasteiger charge is -2.37. The zero-order valence-corrected chi connectivity index (χ0v) is 17.2. The minimum absolute atomic E-state index is 0.169. The van der Waals surface area contributed by atoms with E-state index in [2.05, 4.69) is 39.2 Å². The van der Waals surface area contributed by atoms with Crippen molar-refractivity contribution in [1.29, 1.82) is 0 Å². The fourth-order valence-corrected chi connectivity index (χ4v) is 3.94. The Morgan fingerprint density at radius 3 is 2.28 bits per heavy atom. The van der Waals surface area contributed by atoms with Gasteiger partial charge < -0.3 is 14.8 Å². The second-order valence-electron chi connectivity index (χ2n) is 7.95. The van der Waals surface area contributed by atoms with Gasteiger partial charge in [-0.3, -0.25) is 0 Å². The predicted molar refractivity (Wildman–Crippen MR) is 102 cm³/mol. The summed E-state index contributed by atoms with van der Waals surface area (Å²) in [5.74, 6) is -0.435. The van der Waals surface area contributed by atoms with Crippen molar-refractivity contribution in [2.75, 3.05) is 7.11 Å². The minimum atomic E-state index is -1.55. The number of alkyl carbamates (subject to hydrolysis) is 1. The van der Waals surface area contributed by atoms with Crippen LogP contribution in [0, 0.1) is 0 Å². The molecule has 0 aromatic heterocycles. The van der Waals surface area contributed by atoms with E-state index >= 15 is 0 Å². The second kappa shape index (κ2) is 9.04. The first-order valence-corrected chi connectivity index (χ1v) is 11.8. The number of carbonyl (C=O) groups is 2. The molecule has 0 radical (unpaired) electrons. The average Bonchev–Trinajstić information content (AvgIpc) is 2.56. The van der Waals surface area contributed by atoms with E-state index in [-0.39, 0.29) is 11.6 Å². The third-order valence-electron chi connectivity index (χ3n) is 5.08. The number of amides is 1. The molecule has 0 bridgehead atoms. The number of ether oxygens (including phenoxy) is 2. The number of carbonyl (C=O) groups excluding carboxylic acids is 2. The molecule has 5 nitrogen and oxygen atoms in total. The number of rotatable bonds is 7. The van der Waals surface area contributed by atoms with E-state index in [0.29, 0.717) is 6.42 Å². The summed E-state index contributed by atoms with van der Waals surface area (Å²) in [4.78, 5) is 24.1. The molecule has 6 heteroatoms. The highest BCUT2D eigenvalue weighted by atomic mass is 28.3. The Bertz CT molecular complexity index is 567. The summed E-state index contributed by atoms with van der Waals surface area (Å²) in [5.41, 5.74) is 0.897. The first kappa shape index (κ1) is 21.2. The number of methoxy groups -OCH3 is 1. The molecule has 25 heavy (non-hydrogen) atoms. The number of benzene rings is 1. The monoisotopic (exact) mass is 365 g/mol. The van der Waals surface area contributed by atoms with E-state index in [1.54, 1.807) is 0 Å². The molecule has 1 atom stereocenters. The molecule has 1 aromatic carbocycles. The molecule has 0 fully saturated rings. The van der Waals surface area contributed by atoms with Gasteiger partial charge in [0.2, 0.25) is 0 Å². The van der Waals surface area contributed by atoms with Crippen molar-refractivity contribution in [3.63, 3.8) is 0 Å². The van der Waals surface area contributed by atoms with Crippen LogP contribution in [0.2, 0.25) is 24.2 Å². The van der Waals surface area contributed by atoms with E-state index in [0.717, 1.165) is 11.6 Å². The molecule has 1 N–H and O–H groups in total. The highest BCUT2D eigenvalue weighted by molar-refractivity contribution is 6.80. The Morgan fingerprint density at radius 1 is 1.16 bits per heavy atom. The summed E-state index contributed by atoms with van der Waals surface area (Å²) >= 11 is 0. The quantitative estimate of drug-likeness (QED) is 0.576. The Balaban J connectivity index is 2.61. The van der Waals surface area contributed by atoms with Gasteiger partial charge in [0.1, 0.15) is 12.6 Å². The van der Waals surface area contributed by atoms with Crippen LogP contribution in [0.1, 0.15) is 32.8 Å². The maximum absolute atomic E-state index is 12.0. The Labute approximate surface area is 152 Å². The fourth-order valence-electron chi connectivity index (χ4n) is 2.18. The zero-order valence-electron chi connectivity index (χ0n) is 16.2. The third-order valence-corrected chi connectivity index (χ3v) is 10.7. The summed E-state index contributed by atoms with van der Waals surface area (Å²) in [6.07, 6.45) is -0.0432. The lowest BCUT2D eigenvalue weighted by atomic mass is 10.2. The fraction of sp³-hybridized carbons (Fsp3) is 0.579. The van der Waals surface area contributed by atoms with E-state index < -0.39 is 26.2 Å². The van der Waals surface area contributed by atoms with Gasteiger partial charge in [0.05, 0.1) is 15.2 Å². The number of nitrogens with one attached hydrogen (secondary N) is 1. The average molecular weight is 366 g/mol. The third kappa shape index (κ3) is 6.90. The maximum atomic E-state index is 12.0. The molecular weight excluding hydrogens is 334 g/mol. The smallest absolute Gasteiger partial charge is 0.408 e. The molecule has 0 saturated heterocycles. The van der Waals surface area contributed by atoms with Gasteiger partial charge in [-0.25, -0.2) is 9.59 Å². The van der Waals surface area contributed by atoms with Gasteiger partial charge >= 0.3 is 12.1 Å². The highest BCUT2D eigenvalue weighted by Gasteiger charge is 2.36. The van der Waals surface area contributed by atoms with Crippen molar-refractivity contribution < 1.29 is 19.1 Å². The van der Waals surface area contributed by atoms with Crippen molar-refractivity contribution >= 4 is 20.1 Å². The van der Waals surface area contributed by atoms with Gasteiger partial charge in [-0.1, -0.05) is 70.2 Å². The lowest BCUT2D eigenvalue weighted by Crippen LogP contribution is -2.44. The van der Waals surface area contributed by atoms with Crippen molar-refractivity contribution in [3.05, 3.63) is 35.9 Å². The van der Waals surface area contributed by atoms with Crippen LogP contribution in [0.3, 0.4) is 0 Å². The van der Waals surface area contributed by atoms with Crippen molar-refractivity contribution in [3.8, 4) is 0 Å². The lowest BCUT2D eigenvalue weighted by molar-refractivity contribution is -0.143. The number of hydrogen-bond acceptors (Lipinski definition) is 4. The topological polar surface area (TPSA) is 64.6 Å². The highest BCUT2D eigenvalue weighted by Crippen LogP contribution is 2.39. The van der Waals surface area contributed by atoms with E-state index in [1.165, 1.54) is 7.11 Å². The molecule has 0 aliphatic carbocycles. The molecule has 1 aromatic rings. The first-order chi connectivity index (χ1) is 11.6. The number of hydrogen-bond donors (Lipinski definition) is 1. The summed E-state index contributed by atoms with van der Waals surface area (Å²) in [7, 11) is -0.216. The van der Waals surface area contributed by atoms with Crippen LogP contribution < -0.4 is 5.32 Å².